The summed E-state index contributed by atoms with van der Waals surface area (Å²) in [6.07, 6.45) is 0. The largest absolute Gasteiger partial charge is 0.482 e. The van der Waals surface area contributed by atoms with Crippen molar-refractivity contribution in [3.05, 3.63) is 62.6 Å². The molecule has 0 aliphatic rings. The summed E-state index contributed by atoms with van der Waals surface area (Å²) in [4.78, 5) is 22.1. The molecule has 0 saturated carbocycles. The van der Waals surface area contributed by atoms with E-state index in [9.17, 15) is 14.9 Å². The van der Waals surface area contributed by atoms with Crippen LogP contribution < -0.4 is 9.47 Å². The van der Waals surface area contributed by atoms with Crippen molar-refractivity contribution in [2.45, 2.75) is 6.92 Å². The number of nitrogens with zero attached hydrogens (tertiary/aromatic N) is 1. The average Bonchev–Trinajstić information content (AvgIpc) is 2.46. The van der Waals surface area contributed by atoms with Crippen LogP contribution in [0.2, 0.25) is 0 Å². The van der Waals surface area contributed by atoms with Gasteiger partial charge in [0.05, 0.1) is 4.92 Å². The number of esters is 1. The maximum absolute atomic E-state index is 11.8. The van der Waals surface area contributed by atoms with Gasteiger partial charge in [-0.25, -0.2) is 4.79 Å². The van der Waals surface area contributed by atoms with E-state index in [-0.39, 0.29) is 18.0 Å². The third-order valence-electron chi connectivity index (χ3n) is 2.71. The molecule has 0 spiro atoms. The van der Waals surface area contributed by atoms with Gasteiger partial charge in [-0.1, -0.05) is 22.0 Å². The second kappa shape index (κ2) is 7.04. The molecule has 2 aromatic rings. The van der Waals surface area contributed by atoms with Crippen LogP contribution in [0.25, 0.3) is 0 Å². The Morgan fingerprint density at radius 2 is 1.91 bits per heavy atom. The third-order valence-corrected chi connectivity index (χ3v) is 3.23. The number of hydrogen-bond donors (Lipinski definition) is 0. The van der Waals surface area contributed by atoms with Gasteiger partial charge >= 0.3 is 11.7 Å². The highest BCUT2D eigenvalue weighted by Crippen LogP contribution is 2.27. The fourth-order valence-electron chi connectivity index (χ4n) is 1.68. The van der Waals surface area contributed by atoms with Crippen molar-refractivity contribution >= 4 is 27.6 Å². The number of carbonyl (C=O) groups excluding carboxylic acids is 1. The molecule has 0 aromatic heterocycles. The summed E-state index contributed by atoms with van der Waals surface area (Å²) in [6.45, 7) is 1.41. The van der Waals surface area contributed by atoms with Crippen LogP contribution in [0.15, 0.2) is 46.9 Å². The van der Waals surface area contributed by atoms with E-state index in [1.165, 1.54) is 12.1 Å². The lowest BCUT2D eigenvalue weighted by molar-refractivity contribution is -0.385. The molecule has 6 nitrogen and oxygen atoms in total. The quantitative estimate of drug-likeness (QED) is 0.349. The maximum atomic E-state index is 11.8. The van der Waals surface area contributed by atoms with Gasteiger partial charge in [0.2, 0.25) is 5.75 Å². The number of ether oxygens (including phenoxy) is 2. The number of nitro groups is 1. The van der Waals surface area contributed by atoms with Crippen LogP contribution in [0, 0.1) is 17.0 Å². The van der Waals surface area contributed by atoms with E-state index in [0.717, 1.165) is 10.0 Å². The summed E-state index contributed by atoms with van der Waals surface area (Å²) >= 11 is 3.29. The van der Waals surface area contributed by atoms with Crippen molar-refractivity contribution in [3.8, 4) is 11.5 Å². The van der Waals surface area contributed by atoms with Crippen LogP contribution in [0.1, 0.15) is 5.56 Å². The molecule has 0 N–H and O–H groups in total. The molecule has 0 aliphatic carbocycles. The molecule has 7 heteroatoms. The molecule has 0 unspecified atom stereocenters. The summed E-state index contributed by atoms with van der Waals surface area (Å²) < 4.78 is 11.2. The molecular weight excluding hydrogens is 354 g/mol. The molecule has 0 aliphatic heterocycles. The number of hydrogen-bond acceptors (Lipinski definition) is 5. The zero-order valence-electron chi connectivity index (χ0n) is 11.6. The predicted molar refractivity (Wildman–Crippen MR) is 83.1 cm³/mol. The first-order valence-electron chi connectivity index (χ1n) is 6.30. The highest BCUT2D eigenvalue weighted by atomic mass is 79.9. The van der Waals surface area contributed by atoms with E-state index in [1.807, 2.05) is 0 Å². The lowest BCUT2D eigenvalue weighted by Crippen LogP contribution is -2.18. The van der Waals surface area contributed by atoms with Crippen LogP contribution in [0.3, 0.4) is 0 Å². The van der Waals surface area contributed by atoms with Crippen molar-refractivity contribution in [2.24, 2.45) is 0 Å². The summed E-state index contributed by atoms with van der Waals surface area (Å²) in [5.74, 6) is -0.301. The van der Waals surface area contributed by atoms with E-state index >= 15 is 0 Å². The molecule has 114 valence electrons. The number of aryl methyl sites for hydroxylation is 1. The molecule has 0 radical (unpaired) electrons. The van der Waals surface area contributed by atoms with Crippen LogP contribution >= 0.6 is 15.9 Å². The second-order valence-corrected chi connectivity index (χ2v) is 5.36. The Bertz CT molecular complexity index is 700. The fourth-order valence-corrected chi connectivity index (χ4v) is 1.94. The van der Waals surface area contributed by atoms with Crippen LogP contribution in [-0.2, 0) is 4.79 Å². The van der Waals surface area contributed by atoms with Gasteiger partial charge in [0.15, 0.2) is 6.61 Å². The first kappa shape index (κ1) is 16.0. The zero-order chi connectivity index (χ0) is 16.1. The molecule has 22 heavy (non-hydrogen) atoms. The molecule has 0 saturated heterocycles. The Labute approximate surface area is 134 Å². The van der Waals surface area contributed by atoms with Gasteiger partial charge in [-0.15, -0.1) is 0 Å². The summed E-state index contributed by atoms with van der Waals surface area (Å²) in [5, 5.41) is 10.9. The van der Waals surface area contributed by atoms with Crippen molar-refractivity contribution < 1.29 is 19.2 Å². The monoisotopic (exact) mass is 365 g/mol. The minimum atomic E-state index is -0.711. The SMILES string of the molecule is Cc1ccc([N+](=O)[O-])c(OC(=O)COc2ccc(Br)cc2)c1. The van der Waals surface area contributed by atoms with E-state index in [2.05, 4.69) is 15.9 Å². The van der Waals surface area contributed by atoms with Crippen LogP contribution in [0.4, 0.5) is 5.69 Å². The van der Waals surface area contributed by atoms with Gasteiger partial charge in [0.1, 0.15) is 5.75 Å². The summed E-state index contributed by atoms with van der Waals surface area (Å²) in [6, 6.07) is 11.2. The number of carbonyl (C=O) groups is 1. The molecule has 0 amide bonds. The van der Waals surface area contributed by atoms with Gasteiger partial charge in [0.25, 0.3) is 0 Å². The maximum Gasteiger partial charge on any atom is 0.349 e. The minimum absolute atomic E-state index is 0.0885. The lowest BCUT2D eigenvalue weighted by Gasteiger charge is -2.07. The minimum Gasteiger partial charge on any atom is -0.482 e. The van der Waals surface area contributed by atoms with Gasteiger partial charge in [-0.3, -0.25) is 10.1 Å². The Hall–Kier alpha value is -2.41. The zero-order valence-corrected chi connectivity index (χ0v) is 13.2. The predicted octanol–water partition coefficient (Wildman–Crippen LogP) is 3.65. The molecule has 0 heterocycles. The van der Waals surface area contributed by atoms with Gasteiger partial charge in [0, 0.05) is 10.5 Å². The topological polar surface area (TPSA) is 78.7 Å². The highest BCUT2D eigenvalue weighted by molar-refractivity contribution is 9.10. The summed E-state index contributed by atoms with van der Waals surface area (Å²) in [5.41, 5.74) is 0.491. The van der Waals surface area contributed by atoms with E-state index in [0.29, 0.717) is 5.75 Å². The molecule has 0 atom stereocenters. The Balaban J connectivity index is 2.01. The molecular formula is C15H12BrNO5. The Kier molecular flexibility index (Phi) is 5.11. The molecule has 0 bridgehead atoms. The van der Waals surface area contributed by atoms with E-state index in [4.69, 9.17) is 9.47 Å². The van der Waals surface area contributed by atoms with E-state index < -0.39 is 10.9 Å². The van der Waals surface area contributed by atoms with Crippen molar-refractivity contribution in [3.63, 3.8) is 0 Å². The standard InChI is InChI=1S/C15H12BrNO5/c1-10-2-7-13(17(19)20)14(8-10)22-15(18)9-21-12-5-3-11(16)4-6-12/h2-8H,9H2,1H3. The average molecular weight is 366 g/mol. The van der Waals surface area contributed by atoms with Crippen molar-refractivity contribution in [2.75, 3.05) is 6.61 Å². The Morgan fingerprint density at radius 3 is 2.55 bits per heavy atom. The van der Waals surface area contributed by atoms with Crippen LogP contribution in [-0.4, -0.2) is 17.5 Å². The fraction of sp³-hybridized carbons (Fsp3) is 0.133. The second-order valence-electron chi connectivity index (χ2n) is 4.44. The molecule has 0 fully saturated rings. The van der Waals surface area contributed by atoms with Gasteiger partial charge < -0.3 is 9.47 Å². The Morgan fingerprint density at radius 1 is 1.23 bits per heavy atom. The third kappa shape index (κ3) is 4.29. The summed E-state index contributed by atoms with van der Waals surface area (Å²) in [7, 11) is 0. The van der Waals surface area contributed by atoms with Gasteiger partial charge in [-0.05, 0) is 42.8 Å². The number of benzene rings is 2. The molecule has 2 aromatic carbocycles. The lowest BCUT2D eigenvalue weighted by atomic mass is 10.2. The normalized spacial score (nSPS) is 10.1. The first-order chi connectivity index (χ1) is 10.5. The van der Waals surface area contributed by atoms with Crippen molar-refractivity contribution in [1.82, 2.24) is 0 Å². The number of halogens is 1. The first-order valence-corrected chi connectivity index (χ1v) is 7.09. The van der Waals surface area contributed by atoms with Crippen molar-refractivity contribution in [1.29, 1.82) is 0 Å². The number of nitro benzene ring substituents is 1. The smallest absolute Gasteiger partial charge is 0.349 e. The van der Waals surface area contributed by atoms with Crippen LogP contribution in [0.5, 0.6) is 11.5 Å². The van der Waals surface area contributed by atoms with Gasteiger partial charge in [-0.2, -0.15) is 0 Å². The molecule has 2 rings (SSSR count). The highest BCUT2D eigenvalue weighted by Gasteiger charge is 2.18. The van der Waals surface area contributed by atoms with E-state index in [1.54, 1.807) is 37.3 Å². The number of rotatable bonds is 5.